The summed E-state index contributed by atoms with van der Waals surface area (Å²) in [4.78, 5) is 0. The van der Waals surface area contributed by atoms with Gasteiger partial charge in [-0.1, -0.05) is 0 Å². The lowest BCUT2D eigenvalue weighted by Crippen LogP contribution is -2.65. The molecule has 0 aromatic rings. The summed E-state index contributed by atoms with van der Waals surface area (Å²) in [7, 11) is -10.3. The van der Waals surface area contributed by atoms with Gasteiger partial charge in [0, 0.05) is 0 Å². The van der Waals surface area contributed by atoms with Crippen LogP contribution in [0, 0.1) is 0 Å². The zero-order valence-electron chi connectivity index (χ0n) is 15.3. The predicted molar refractivity (Wildman–Crippen MR) is 89.4 cm³/mol. The molecule has 10 atom stereocenters. The minimum absolute atomic E-state index is 0.854. The molecule has 8 N–H and O–H groups in total. The summed E-state index contributed by atoms with van der Waals surface area (Å²) >= 11 is 0. The molecular formula is C12H22O17S2. The molecule has 0 aliphatic carbocycles. The SMILES string of the molecule is O=S(=O)(O)OC[C@H]1O[C@H](O[C@H]2[C@@H](O)[C@@H](CO)OC(O)[C@@H]2O)[C@H](OS(=O)(=O)O)[C@@H](O)[C@H]1O. The third kappa shape index (κ3) is 6.93. The van der Waals surface area contributed by atoms with Crippen LogP contribution in [0.25, 0.3) is 0 Å². The molecule has 2 heterocycles. The number of rotatable bonds is 8. The van der Waals surface area contributed by atoms with Gasteiger partial charge in [-0.05, 0) is 0 Å². The molecule has 17 nitrogen and oxygen atoms in total. The largest absolute Gasteiger partial charge is 0.397 e. The Bertz CT molecular complexity index is 798. The molecule has 2 aliphatic heterocycles. The van der Waals surface area contributed by atoms with Gasteiger partial charge < -0.3 is 44.8 Å². The number of aliphatic hydroxyl groups is 6. The third-order valence-corrected chi connectivity index (χ3v) is 5.29. The Morgan fingerprint density at radius 1 is 0.742 bits per heavy atom. The minimum Gasteiger partial charge on any atom is -0.394 e. The zero-order valence-corrected chi connectivity index (χ0v) is 16.9. The van der Waals surface area contributed by atoms with Gasteiger partial charge in [-0.2, -0.15) is 16.8 Å². The van der Waals surface area contributed by atoms with Gasteiger partial charge in [0.05, 0.1) is 13.2 Å². The number of hydrogen-bond donors (Lipinski definition) is 8. The summed E-state index contributed by atoms with van der Waals surface area (Å²) in [6.07, 6.45) is -19.8. The van der Waals surface area contributed by atoms with Gasteiger partial charge in [-0.15, -0.1) is 0 Å². The van der Waals surface area contributed by atoms with Gasteiger partial charge in [0.25, 0.3) is 0 Å². The van der Waals surface area contributed by atoms with Gasteiger partial charge in [0.1, 0.15) is 42.7 Å². The molecule has 184 valence electrons. The van der Waals surface area contributed by atoms with Gasteiger partial charge in [0.15, 0.2) is 18.7 Å². The Balaban J connectivity index is 2.30. The van der Waals surface area contributed by atoms with Crippen molar-refractivity contribution < 1.29 is 79.2 Å². The Kier molecular flexibility index (Phi) is 8.68. The summed E-state index contributed by atoms with van der Waals surface area (Å²) < 4.78 is 84.5. The van der Waals surface area contributed by atoms with Crippen LogP contribution in [0.4, 0.5) is 0 Å². The molecule has 0 radical (unpaired) electrons. The molecule has 2 saturated heterocycles. The Hall–Kier alpha value is -0.620. The minimum atomic E-state index is -5.30. The van der Waals surface area contributed by atoms with Crippen molar-refractivity contribution in [3.05, 3.63) is 0 Å². The van der Waals surface area contributed by atoms with Crippen molar-refractivity contribution in [3.8, 4) is 0 Å². The quantitative estimate of drug-likeness (QED) is 0.143. The average Bonchev–Trinajstić information content (AvgIpc) is 2.64. The van der Waals surface area contributed by atoms with Gasteiger partial charge in [-0.25, -0.2) is 8.37 Å². The van der Waals surface area contributed by atoms with Crippen LogP contribution in [0.3, 0.4) is 0 Å². The van der Waals surface area contributed by atoms with E-state index in [4.69, 9.17) is 23.3 Å². The molecule has 0 aromatic carbocycles. The normalized spacial score (nSPS) is 42.5. The van der Waals surface area contributed by atoms with E-state index in [0.717, 1.165) is 0 Å². The molecule has 0 saturated carbocycles. The highest BCUT2D eigenvalue weighted by atomic mass is 32.3. The van der Waals surface area contributed by atoms with Crippen LogP contribution in [-0.2, 0) is 43.4 Å². The van der Waals surface area contributed by atoms with E-state index in [2.05, 4.69) is 8.37 Å². The van der Waals surface area contributed by atoms with Crippen LogP contribution in [0.2, 0.25) is 0 Å². The van der Waals surface area contributed by atoms with Crippen LogP contribution in [0.1, 0.15) is 0 Å². The van der Waals surface area contributed by atoms with Crippen molar-refractivity contribution in [3.63, 3.8) is 0 Å². The summed E-state index contributed by atoms with van der Waals surface area (Å²) in [5, 5.41) is 59.2. The fraction of sp³-hybridized carbons (Fsp3) is 1.00. The van der Waals surface area contributed by atoms with Crippen molar-refractivity contribution in [1.82, 2.24) is 0 Å². The highest BCUT2D eigenvalue weighted by Gasteiger charge is 2.52. The number of aliphatic hydroxyl groups excluding tert-OH is 6. The van der Waals surface area contributed by atoms with Crippen molar-refractivity contribution in [2.45, 2.75) is 61.4 Å². The molecule has 0 bridgehead atoms. The molecule has 0 amide bonds. The molecule has 2 aliphatic rings. The number of ether oxygens (including phenoxy) is 3. The van der Waals surface area contributed by atoms with Crippen LogP contribution < -0.4 is 0 Å². The first-order valence-electron chi connectivity index (χ1n) is 8.39. The topological polar surface area (TPSA) is 276 Å². The molecule has 19 heteroatoms. The Morgan fingerprint density at radius 2 is 1.35 bits per heavy atom. The molecule has 31 heavy (non-hydrogen) atoms. The molecule has 2 rings (SSSR count). The first-order valence-corrected chi connectivity index (χ1v) is 11.1. The van der Waals surface area contributed by atoms with Crippen LogP contribution in [0.5, 0.6) is 0 Å². The summed E-state index contributed by atoms with van der Waals surface area (Å²) in [5.41, 5.74) is 0. The lowest BCUT2D eigenvalue weighted by Gasteiger charge is -2.45. The van der Waals surface area contributed by atoms with Crippen LogP contribution >= 0.6 is 0 Å². The summed E-state index contributed by atoms with van der Waals surface area (Å²) in [6.45, 7) is -1.97. The van der Waals surface area contributed by atoms with E-state index >= 15 is 0 Å². The maximum absolute atomic E-state index is 11.1. The fourth-order valence-corrected chi connectivity index (χ4v) is 3.72. The first-order chi connectivity index (χ1) is 14.1. The second-order valence-corrected chi connectivity index (χ2v) is 8.69. The van der Waals surface area contributed by atoms with E-state index in [-0.39, 0.29) is 0 Å². The smallest absolute Gasteiger partial charge is 0.394 e. The van der Waals surface area contributed by atoms with Crippen molar-refractivity contribution in [1.29, 1.82) is 0 Å². The van der Waals surface area contributed by atoms with Gasteiger partial charge >= 0.3 is 20.8 Å². The molecule has 0 spiro atoms. The van der Waals surface area contributed by atoms with E-state index in [1.807, 2.05) is 0 Å². The maximum atomic E-state index is 11.1. The highest BCUT2D eigenvalue weighted by Crippen LogP contribution is 2.30. The highest BCUT2D eigenvalue weighted by molar-refractivity contribution is 7.81. The van der Waals surface area contributed by atoms with E-state index in [9.17, 15) is 47.5 Å². The predicted octanol–water partition coefficient (Wildman–Crippen LogP) is -5.74. The molecule has 0 aromatic heterocycles. The second kappa shape index (κ2) is 10.1. The Morgan fingerprint density at radius 3 is 1.87 bits per heavy atom. The molecule has 2 fully saturated rings. The average molecular weight is 502 g/mol. The van der Waals surface area contributed by atoms with E-state index < -0.39 is 95.4 Å². The second-order valence-electron chi connectivity index (χ2n) is 6.55. The maximum Gasteiger partial charge on any atom is 0.397 e. The Labute approximate surface area is 175 Å². The third-order valence-electron chi connectivity index (χ3n) is 4.39. The van der Waals surface area contributed by atoms with E-state index in [1.54, 1.807) is 0 Å². The summed E-state index contributed by atoms with van der Waals surface area (Å²) in [5.74, 6) is 0. The fourth-order valence-electron chi connectivity index (χ4n) is 2.93. The lowest BCUT2D eigenvalue weighted by molar-refractivity contribution is -0.352. The number of hydrogen-bond acceptors (Lipinski definition) is 15. The van der Waals surface area contributed by atoms with E-state index in [1.165, 1.54) is 0 Å². The van der Waals surface area contributed by atoms with Crippen LogP contribution in [-0.4, -0.2) is 131 Å². The monoisotopic (exact) mass is 502 g/mol. The van der Waals surface area contributed by atoms with Crippen molar-refractivity contribution in [2.24, 2.45) is 0 Å². The molecular weight excluding hydrogens is 480 g/mol. The van der Waals surface area contributed by atoms with Gasteiger partial charge in [0.2, 0.25) is 0 Å². The zero-order chi connectivity index (χ0) is 23.7. The lowest BCUT2D eigenvalue weighted by atomic mass is 9.97. The van der Waals surface area contributed by atoms with Crippen molar-refractivity contribution in [2.75, 3.05) is 13.2 Å². The van der Waals surface area contributed by atoms with Crippen LogP contribution in [0.15, 0.2) is 0 Å². The van der Waals surface area contributed by atoms with E-state index in [0.29, 0.717) is 0 Å². The molecule has 1 unspecified atom stereocenters. The summed E-state index contributed by atoms with van der Waals surface area (Å²) in [6, 6.07) is 0. The van der Waals surface area contributed by atoms with Gasteiger partial charge in [-0.3, -0.25) is 9.11 Å². The standard InChI is InChI=1S/C12H22O17S2/c13-1-3-6(15)9(8(17)11(18)26-3)28-12-10(29-31(22,23)24)7(16)5(14)4(27-12)2-25-30(19,20)21/h3-18H,1-2H2,(H,19,20,21)(H,22,23,24)/t3-,4-,5+,6+,7+,8-,9+,10-,11?,12-/m1/s1. The first kappa shape index (κ1) is 26.6. The van der Waals surface area contributed by atoms with Crippen molar-refractivity contribution >= 4 is 20.8 Å².